The summed E-state index contributed by atoms with van der Waals surface area (Å²) in [5, 5.41) is 4.54. The zero-order valence-corrected chi connectivity index (χ0v) is 9.84. The van der Waals surface area contributed by atoms with Gasteiger partial charge in [0.25, 0.3) is 0 Å². The lowest BCUT2D eigenvalue weighted by atomic mass is 10.1. The monoisotopic (exact) mass is 247 g/mol. The molecule has 2 N–H and O–H groups in total. The summed E-state index contributed by atoms with van der Waals surface area (Å²) in [6.07, 6.45) is 0.807. The number of halogens is 1. The molecule has 0 heterocycles. The quantitative estimate of drug-likeness (QED) is 0.802. The van der Waals surface area contributed by atoms with Gasteiger partial charge in [-0.25, -0.2) is 13.6 Å². The van der Waals surface area contributed by atoms with Crippen LogP contribution in [-0.4, -0.2) is 19.5 Å². The maximum Gasteiger partial charge on any atom is 0.212 e. The summed E-state index contributed by atoms with van der Waals surface area (Å²) in [5.41, 5.74) is 0.960. The normalized spacial score (nSPS) is 13.7. The van der Waals surface area contributed by atoms with Gasteiger partial charge in [-0.2, -0.15) is 0 Å². The molecule has 1 atom stereocenters. The van der Waals surface area contributed by atoms with Crippen LogP contribution in [0.15, 0.2) is 30.3 Å². The van der Waals surface area contributed by atoms with E-state index in [4.69, 9.17) is 16.7 Å². The molecule has 1 rings (SSSR count). The highest BCUT2D eigenvalue weighted by Gasteiger charge is 2.20. The van der Waals surface area contributed by atoms with E-state index < -0.39 is 15.3 Å². The molecule has 1 aromatic rings. The summed E-state index contributed by atoms with van der Waals surface area (Å²) in [7, 11) is -3.51. The van der Waals surface area contributed by atoms with Crippen molar-refractivity contribution in [2.75, 3.05) is 5.88 Å². The second-order valence-electron chi connectivity index (χ2n) is 3.38. The van der Waals surface area contributed by atoms with Crippen LogP contribution in [0.2, 0.25) is 0 Å². The van der Waals surface area contributed by atoms with Crippen LogP contribution in [0.3, 0.4) is 0 Å². The van der Waals surface area contributed by atoms with Gasteiger partial charge in [0, 0.05) is 5.88 Å². The fourth-order valence-electron chi connectivity index (χ4n) is 1.38. The molecule has 0 spiro atoms. The summed E-state index contributed by atoms with van der Waals surface area (Å²) in [4.78, 5) is 0. The summed E-state index contributed by atoms with van der Waals surface area (Å²) >= 11 is 5.55. The molecule has 0 aliphatic heterocycles. The number of primary sulfonamides is 1. The maximum atomic E-state index is 11.2. The summed E-state index contributed by atoms with van der Waals surface area (Å²) in [6, 6.07) is 9.39. The molecule has 0 fully saturated rings. The maximum absolute atomic E-state index is 11.2. The highest BCUT2D eigenvalue weighted by molar-refractivity contribution is 7.89. The third-order valence-electron chi connectivity index (χ3n) is 2.20. The van der Waals surface area contributed by atoms with Gasteiger partial charge < -0.3 is 0 Å². The average Bonchev–Trinajstić information content (AvgIpc) is 2.17. The first-order valence-electron chi connectivity index (χ1n) is 4.65. The van der Waals surface area contributed by atoms with Crippen LogP contribution in [0.25, 0.3) is 0 Å². The molecule has 0 saturated heterocycles. The van der Waals surface area contributed by atoms with Crippen molar-refractivity contribution >= 4 is 21.6 Å². The minimum Gasteiger partial charge on any atom is -0.228 e. The topological polar surface area (TPSA) is 60.2 Å². The molecule has 0 radical (unpaired) electrons. The Morgan fingerprint density at radius 3 is 2.33 bits per heavy atom. The third-order valence-corrected chi connectivity index (χ3v) is 3.75. The van der Waals surface area contributed by atoms with E-state index in [2.05, 4.69) is 0 Å². The van der Waals surface area contributed by atoms with E-state index >= 15 is 0 Å². The van der Waals surface area contributed by atoms with E-state index in [9.17, 15) is 8.42 Å². The number of alkyl halides is 1. The van der Waals surface area contributed by atoms with Crippen molar-refractivity contribution in [2.45, 2.75) is 18.1 Å². The first-order chi connectivity index (χ1) is 7.04. The van der Waals surface area contributed by atoms with Crippen LogP contribution in [0.5, 0.6) is 0 Å². The lowest BCUT2D eigenvalue weighted by molar-refractivity contribution is 0.576. The van der Waals surface area contributed by atoms with Gasteiger partial charge in [-0.15, -0.1) is 11.6 Å². The van der Waals surface area contributed by atoms with E-state index in [-0.39, 0.29) is 0 Å². The van der Waals surface area contributed by atoms with Gasteiger partial charge in [-0.05, 0) is 18.4 Å². The highest BCUT2D eigenvalue weighted by Crippen LogP contribution is 2.12. The van der Waals surface area contributed by atoms with Gasteiger partial charge in [0.1, 0.15) is 0 Å². The molecule has 0 aromatic heterocycles. The highest BCUT2D eigenvalue weighted by atomic mass is 35.5. The number of rotatable bonds is 5. The van der Waals surface area contributed by atoms with Crippen molar-refractivity contribution in [3.05, 3.63) is 35.9 Å². The van der Waals surface area contributed by atoms with Gasteiger partial charge in [-0.1, -0.05) is 30.3 Å². The summed E-state index contributed by atoms with van der Waals surface area (Å²) in [6.45, 7) is 0. The Balaban J connectivity index is 2.76. The van der Waals surface area contributed by atoms with E-state index in [0.29, 0.717) is 18.7 Å². The van der Waals surface area contributed by atoms with Crippen molar-refractivity contribution in [1.29, 1.82) is 0 Å². The minimum absolute atomic E-state index is 0.300. The van der Waals surface area contributed by atoms with Crippen LogP contribution in [0, 0.1) is 0 Å². The van der Waals surface area contributed by atoms with E-state index in [0.717, 1.165) is 5.56 Å². The predicted molar refractivity (Wildman–Crippen MR) is 62.4 cm³/mol. The average molecular weight is 248 g/mol. The second kappa shape index (κ2) is 5.49. The zero-order chi connectivity index (χ0) is 11.3. The molecule has 5 heteroatoms. The van der Waals surface area contributed by atoms with Gasteiger partial charge >= 0.3 is 0 Å². The van der Waals surface area contributed by atoms with Crippen molar-refractivity contribution in [1.82, 2.24) is 0 Å². The molecule has 0 bridgehead atoms. The molecule has 15 heavy (non-hydrogen) atoms. The number of hydrogen-bond donors (Lipinski definition) is 1. The first kappa shape index (κ1) is 12.5. The Bertz CT molecular complexity index is 391. The lowest BCUT2D eigenvalue weighted by Crippen LogP contribution is -2.30. The summed E-state index contributed by atoms with van der Waals surface area (Å²) in [5.74, 6) is 0.300. The second-order valence-corrected chi connectivity index (χ2v) is 5.60. The van der Waals surface area contributed by atoms with Gasteiger partial charge in [-0.3, -0.25) is 0 Å². The van der Waals surface area contributed by atoms with E-state index in [1.807, 2.05) is 30.3 Å². The minimum atomic E-state index is -3.51. The molecule has 0 saturated carbocycles. The molecule has 0 amide bonds. The van der Waals surface area contributed by atoms with E-state index in [1.165, 1.54) is 0 Å². The SMILES string of the molecule is NS(=O)(=O)C(CCCl)Cc1ccccc1. The zero-order valence-electron chi connectivity index (χ0n) is 8.27. The molecule has 1 aromatic carbocycles. The third kappa shape index (κ3) is 4.20. The van der Waals surface area contributed by atoms with Crippen molar-refractivity contribution in [3.8, 4) is 0 Å². The number of hydrogen-bond acceptors (Lipinski definition) is 2. The molecule has 0 aliphatic rings. The fraction of sp³-hybridized carbons (Fsp3) is 0.400. The first-order valence-corrected chi connectivity index (χ1v) is 6.80. The Morgan fingerprint density at radius 1 is 1.27 bits per heavy atom. The standard InChI is InChI=1S/C10H14ClNO2S/c11-7-6-10(15(12,13)14)8-9-4-2-1-3-5-9/h1-5,10H,6-8H2,(H2,12,13,14). The van der Waals surface area contributed by atoms with Crippen molar-refractivity contribution < 1.29 is 8.42 Å². The molecule has 84 valence electrons. The number of sulfonamides is 1. The largest absolute Gasteiger partial charge is 0.228 e. The van der Waals surface area contributed by atoms with Crippen LogP contribution in [0.1, 0.15) is 12.0 Å². The van der Waals surface area contributed by atoms with Crippen molar-refractivity contribution in [2.24, 2.45) is 5.14 Å². The van der Waals surface area contributed by atoms with Crippen LogP contribution < -0.4 is 5.14 Å². The van der Waals surface area contributed by atoms with E-state index in [1.54, 1.807) is 0 Å². The summed E-state index contributed by atoms with van der Waals surface area (Å²) < 4.78 is 22.5. The molecular weight excluding hydrogens is 234 g/mol. The smallest absolute Gasteiger partial charge is 0.212 e. The molecule has 3 nitrogen and oxygen atoms in total. The van der Waals surface area contributed by atoms with Crippen molar-refractivity contribution in [3.63, 3.8) is 0 Å². The number of benzene rings is 1. The lowest BCUT2D eigenvalue weighted by Gasteiger charge is -2.12. The Hall–Kier alpha value is -0.580. The van der Waals surface area contributed by atoms with Gasteiger partial charge in [0.2, 0.25) is 10.0 Å². The molecule has 1 unspecified atom stereocenters. The van der Waals surface area contributed by atoms with Crippen LogP contribution in [0.4, 0.5) is 0 Å². The predicted octanol–water partition coefficient (Wildman–Crippen LogP) is 1.52. The van der Waals surface area contributed by atoms with Gasteiger partial charge in [0.05, 0.1) is 5.25 Å². The Kier molecular flexibility index (Phi) is 4.57. The van der Waals surface area contributed by atoms with Crippen LogP contribution >= 0.6 is 11.6 Å². The van der Waals surface area contributed by atoms with Crippen LogP contribution in [-0.2, 0) is 16.4 Å². The molecular formula is C10H14ClNO2S. The Labute approximate surface area is 95.3 Å². The number of nitrogens with two attached hydrogens (primary N) is 1. The van der Waals surface area contributed by atoms with Gasteiger partial charge in [0.15, 0.2) is 0 Å². The Morgan fingerprint density at radius 2 is 1.87 bits per heavy atom. The molecule has 0 aliphatic carbocycles. The fourth-order valence-corrected chi connectivity index (χ4v) is 2.65.